The molecule has 2 aliphatic rings. The van der Waals surface area contributed by atoms with E-state index in [0.29, 0.717) is 6.04 Å². The van der Waals surface area contributed by atoms with Gasteiger partial charge in [0.1, 0.15) is 12.1 Å². The fraction of sp³-hybridized carbons (Fsp3) is 0.636. The highest BCUT2D eigenvalue weighted by Gasteiger charge is 2.28. The van der Waals surface area contributed by atoms with E-state index in [-0.39, 0.29) is 6.10 Å². The zero-order valence-electron chi connectivity index (χ0n) is 8.61. The van der Waals surface area contributed by atoms with Crippen molar-refractivity contribution in [3.63, 3.8) is 0 Å². The molecule has 80 valence electrons. The molecule has 2 aliphatic carbocycles. The molecule has 0 atom stereocenters. The van der Waals surface area contributed by atoms with Gasteiger partial charge in [0.15, 0.2) is 0 Å². The number of aromatic nitrogens is 2. The second kappa shape index (κ2) is 3.45. The molecule has 0 radical (unpaired) electrons. The fourth-order valence-corrected chi connectivity index (χ4v) is 2.38. The SMILES string of the molecule is OC1CC(Nc2ncnc3c2CCC3)C1. The van der Waals surface area contributed by atoms with Crippen LogP contribution in [-0.2, 0) is 12.8 Å². The van der Waals surface area contributed by atoms with Crippen molar-refractivity contribution < 1.29 is 5.11 Å². The van der Waals surface area contributed by atoms with E-state index in [1.54, 1.807) is 6.33 Å². The molecule has 0 spiro atoms. The second-order valence-electron chi connectivity index (χ2n) is 4.47. The van der Waals surface area contributed by atoms with Gasteiger partial charge in [-0.3, -0.25) is 0 Å². The number of aliphatic hydroxyl groups excluding tert-OH is 1. The molecule has 0 bridgehead atoms. The first-order valence-corrected chi connectivity index (χ1v) is 5.60. The standard InChI is InChI=1S/C11H15N3O/c15-8-4-7(5-8)14-11-9-2-1-3-10(9)12-6-13-11/h6-8,15H,1-5H2,(H,12,13,14). The maximum Gasteiger partial charge on any atom is 0.133 e. The number of aryl methyl sites for hydroxylation is 1. The number of nitrogens with one attached hydrogen (secondary N) is 1. The topological polar surface area (TPSA) is 58.0 Å². The lowest BCUT2D eigenvalue weighted by Gasteiger charge is -2.32. The monoisotopic (exact) mass is 205 g/mol. The summed E-state index contributed by atoms with van der Waals surface area (Å²) in [4.78, 5) is 8.58. The Morgan fingerprint density at radius 3 is 2.93 bits per heavy atom. The lowest BCUT2D eigenvalue weighted by Crippen LogP contribution is -2.39. The molecule has 4 nitrogen and oxygen atoms in total. The lowest BCUT2D eigenvalue weighted by molar-refractivity contribution is 0.0835. The molecule has 1 heterocycles. The van der Waals surface area contributed by atoms with Crippen LogP contribution < -0.4 is 5.32 Å². The van der Waals surface area contributed by atoms with Crippen molar-refractivity contribution in [2.24, 2.45) is 0 Å². The zero-order chi connectivity index (χ0) is 10.3. The maximum atomic E-state index is 9.22. The van der Waals surface area contributed by atoms with Crippen molar-refractivity contribution in [3.8, 4) is 0 Å². The van der Waals surface area contributed by atoms with Crippen molar-refractivity contribution in [1.82, 2.24) is 9.97 Å². The molecule has 15 heavy (non-hydrogen) atoms. The van der Waals surface area contributed by atoms with Gasteiger partial charge in [-0.05, 0) is 32.1 Å². The van der Waals surface area contributed by atoms with Crippen LogP contribution in [0.5, 0.6) is 0 Å². The fourth-order valence-electron chi connectivity index (χ4n) is 2.38. The highest BCUT2D eigenvalue weighted by Crippen LogP contribution is 2.29. The van der Waals surface area contributed by atoms with E-state index in [4.69, 9.17) is 0 Å². The van der Waals surface area contributed by atoms with E-state index in [2.05, 4.69) is 15.3 Å². The molecule has 1 fully saturated rings. The first-order chi connectivity index (χ1) is 7.33. The molecular formula is C11H15N3O. The van der Waals surface area contributed by atoms with E-state index in [9.17, 15) is 5.11 Å². The first-order valence-electron chi connectivity index (χ1n) is 5.60. The summed E-state index contributed by atoms with van der Waals surface area (Å²) in [6.45, 7) is 0. The normalized spacial score (nSPS) is 28.3. The number of anilines is 1. The Morgan fingerprint density at radius 1 is 1.27 bits per heavy atom. The Balaban J connectivity index is 1.77. The van der Waals surface area contributed by atoms with Crippen LogP contribution in [0.2, 0.25) is 0 Å². The third kappa shape index (κ3) is 1.59. The molecule has 4 heteroatoms. The Labute approximate surface area is 88.8 Å². The molecular weight excluding hydrogens is 190 g/mol. The summed E-state index contributed by atoms with van der Waals surface area (Å²) < 4.78 is 0. The van der Waals surface area contributed by atoms with E-state index in [0.717, 1.165) is 31.5 Å². The van der Waals surface area contributed by atoms with E-state index < -0.39 is 0 Å². The van der Waals surface area contributed by atoms with Gasteiger partial charge in [-0.25, -0.2) is 9.97 Å². The van der Waals surface area contributed by atoms with E-state index in [1.165, 1.54) is 17.7 Å². The minimum Gasteiger partial charge on any atom is -0.393 e. The number of fused-ring (bicyclic) bond motifs is 1. The molecule has 1 aromatic rings. The Bertz CT molecular complexity index is 374. The first kappa shape index (κ1) is 9.09. The number of hydrogen-bond acceptors (Lipinski definition) is 4. The van der Waals surface area contributed by atoms with Crippen molar-refractivity contribution in [1.29, 1.82) is 0 Å². The molecule has 0 amide bonds. The van der Waals surface area contributed by atoms with Gasteiger partial charge in [0.25, 0.3) is 0 Å². The minimum absolute atomic E-state index is 0.114. The molecule has 0 aliphatic heterocycles. The van der Waals surface area contributed by atoms with Gasteiger partial charge in [-0.1, -0.05) is 0 Å². The Kier molecular flexibility index (Phi) is 2.09. The molecule has 1 aromatic heterocycles. The van der Waals surface area contributed by atoms with Crippen LogP contribution in [0.3, 0.4) is 0 Å². The van der Waals surface area contributed by atoms with Gasteiger partial charge in [-0.2, -0.15) is 0 Å². The van der Waals surface area contributed by atoms with Crippen LogP contribution in [0.4, 0.5) is 5.82 Å². The summed E-state index contributed by atoms with van der Waals surface area (Å²) in [6.07, 6.45) is 6.58. The van der Waals surface area contributed by atoms with Crippen LogP contribution in [0.15, 0.2) is 6.33 Å². The second-order valence-corrected chi connectivity index (χ2v) is 4.47. The van der Waals surface area contributed by atoms with Crippen LogP contribution >= 0.6 is 0 Å². The van der Waals surface area contributed by atoms with Gasteiger partial charge in [0, 0.05) is 17.3 Å². The van der Waals surface area contributed by atoms with Crippen molar-refractivity contribution >= 4 is 5.82 Å². The van der Waals surface area contributed by atoms with Crippen LogP contribution in [0, 0.1) is 0 Å². The molecule has 0 saturated heterocycles. The maximum absolute atomic E-state index is 9.22. The summed E-state index contributed by atoms with van der Waals surface area (Å²) in [5, 5.41) is 12.6. The average molecular weight is 205 g/mol. The molecule has 0 aromatic carbocycles. The number of nitrogens with zero attached hydrogens (tertiary/aromatic N) is 2. The molecule has 0 unspecified atom stereocenters. The van der Waals surface area contributed by atoms with Gasteiger partial charge in [0.05, 0.1) is 6.10 Å². The molecule has 1 saturated carbocycles. The van der Waals surface area contributed by atoms with Crippen molar-refractivity contribution in [2.75, 3.05) is 5.32 Å². The van der Waals surface area contributed by atoms with E-state index >= 15 is 0 Å². The predicted molar refractivity (Wildman–Crippen MR) is 56.7 cm³/mol. The average Bonchev–Trinajstić information content (AvgIpc) is 2.64. The summed E-state index contributed by atoms with van der Waals surface area (Å²) >= 11 is 0. The number of hydrogen-bond donors (Lipinski definition) is 2. The summed E-state index contributed by atoms with van der Waals surface area (Å²) in [6, 6.07) is 0.402. The third-order valence-corrected chi connectivity index (χ3v) is 3.33. The lowest BCUT2D eigenvalue weighted by atomic mass is 9.89. The van der Waals surface area contributed by atoms with Gasteiger partial charge in [0.2, 0.25) is 0 Å². The van der Waals surface area contributed by atoms with Crippen molar-refractivity contribution in [2.45, 2.75) is 44.2 Å². The van der Waals surface area contributed by atoms with Gasteiger partial charge < -0.3 is 10.4 Å². The van der Waals surface area contributed by atoms with Crippen LogP contribution in [-0.4, -0.2) is 27.2 Å². The number of rotatable bonds is 2. The minimum atomic E-state index is -0.114. The van der Waals surface area contributed by atoms with Crippen LogP contribution in [0.25, 0.3) is 0 Å². The van der Waals surface area contributed by atoms with Gasteiger partial charge in [-0.15, -0.1) is 0 Å². The number of aliphatic hydroxyl groups is 1. The Hall–Kier alpha value is -1.16. The summed E-state index contributed by atoms with van der Waals surface area (Å²) in [5.74, 6) is 0.995. The third-order valence-electron chi connectivity index (χ3n) is 3.33. The summed E-state index contributed by atoms with van der Waals surface area (Å²) in [5.41, 5.74) is 2.49. The highest BCUT2D eigenvalue weighted by atomic mass is 16.3. The quantitative estimate of drug-likeness (QED) is 0.753. The van der Waals surface area contributed by atoms with Gasteiger partial charge >= 0.3 is 0 Å². The van der Waals surface area contributed by atoms with E-state index in [1.807, 2.05) is 0 Å². The Morgan fingerprint density at radius 2 is 2.13 bits per heavy atom. The molecule has 3 rings (SSSR count). The summed E-state index contributed by atoms with van der Waals surface area (Å²) in [7, 11) is 0. The van der Waals surface area contributed by atoms with Crippen molar-refractivity contribution in [3.05, 3.63) is 17.6 Å². The largest absolute Gasteiger partial charge is 0.393 e. The predicted octanol–water partition coefficient (Wildman–Crippen LogP) is 0.900. The molecule has 2 N–H and O–H groups in total. The zero-order valence-corrected chi connectivity index (χ0v) is 8.61. The van der Waals surface area contributed by atoms with Crippen LogP contribution in [0.1, 0.15) is 30.5 Å². The highest BCUT2D eigenvalue weighted by molar-refractivity contribution is 5.49. The smallest absolute Gasteiger partial charge is 0.133 e.